The molecular weight excluding hydrogens is 270 g/mol. The Labute approximate surface area is 124 Å². The highest BCUT2D eigenvalue weighted by atomic mass is 32.1. The Morgan fingerprint density at radius 2 is 2.25 bits per heavy atom. The summed E-state index contributed by atoms with van der Waals surface area (Å²) in [7, 11) is 0. The van der Waals surface area contributed by atoms with Gasteiger partial charge in [0.2, 0.25) is 5.91 Å². The molecule has 1 amide bonds. The Bertz CT molecular complexity index is 484. The minimum Gasteiger partial charge on any atom is -0.388 e. The Balaban J connectivity index is 1.80. The van der Waals surface area contributed by atoms with E-state index >= 15 is 0 Å². The first-order valence-corrected chi connectivity index (χ1v) is 8.09. The van der Waals surface area contributed by atoms with Crippen LogP contribution in [0.1, 0.15) is 43.0 Å². The van der Waals surface area contributed by atoms with Crippen LogP contribution in [0.3, 0.4) is 0 Å². The van der Waals surface area contributed by atoms with Crippen molar-refractivity contribution in [3.05, 3.63) is 28.0 Å². The summed E-state index contributed by atoms with van der Waals surface area (Å²) < 4.78 is 0. The lowest BCUT2D eigenvalue weighted by molar-refractivity contribution is -0.118. The minimum absolute atomic E-state index is 0.134. The van der Waals surface area contributed by atoms with E-state index in [1.807, 2.05) is 24.4 Å². The van der Waals surface area contributed by atoms with Gasteiger partial charge in [0.15, 0.2) is 0 Å². The summed E-state index contributed by atoms with van der Waals surface area (Å²) in [6.45, 7) is 4.59. The SMILES string of the molecule is Cc1ccsc1C=CC(=O)NCC1(O)CCC(C)CC1. The number of carbonyl (C=O) groups is 1. The van der Waals surface area contributed by atoms with Crippen molar-refractivity contribution in [2.75, 3.05) is 6.54 Å². The highest BCUT2D eigenvalue weighted by molar-refractivity contribution is 7.11. The summed E-state index contributed by atoms with van der Waals surface area (Å²) in [6.07, 6.45) is 7.02. The molecule has 3 nitrogen and oxygen atoms in total. The Morgan fingerprint density at radius 1 is 1.55 bits per heavy atom. The van der Waals surface area contributed by atoms with Gasteiger partial charge in [-0.15, -0.1) is 11.3 Å². The van der Waals surface area contributed by atoms with E-state index in [1.165, 1.54) is 5.56 Å². The number of rotatable bonds is 4. The standard InChI is InChI=1S/C16H23NO2S/c1-12-5-8-16(19,9-6-12)11-17-15(18)4-3-14-13(2)7-10-20-14/h3-4,7,10,12,19H,5-6,8-9,11H2,1-2H3,(H,17,18). The molecule has 1 aliphatic rings. The first kappa shape index (κ1) is 15.3. The van der Waals surface area contributed by atoms with E-state index in [0.717, 1.165) is 30.6 Å². The Morgan fingerprint density at radius 3 is 2.85 bits per heavy atom. The van der Waals surface area contributed by atoms with Crippen LogP contribution < -0.4 is 5.32 Å². The number of hydrogen-bond donors (Lipinski definition) is 2. The van der Waals surface area contributed by atoms with Crippen LogP contribution in [-0.4, -0.2) is 23.2 Å². The van der Waals surface area contributed by atoms with Gasteiger partial charge in [0, 0.05) is 17.5 Å². The van der Waals surface area contributed by atoms with Crippen LogP contribution in [0.15, 0.2) is 17.5 Å². The van der Waals surface area contributed by atoms with Crippen molar-refractivity contribution >= 4 is 23.3 Å². The zero-order valence-corrected chi connectivity index (χ0v) is 13.0. The van der Waals surface area contributed by atoms with Crippen LogP contribution in [0, 0.1) is 12.8 Å². The molecule has 4 heteroatoms. The van der Waals surface area contributed by atoms with E-state index in [9.17, 15) is 9.90 Å². The van der Waals surface area contributed by atoms with E-state index in [1.54, 1.807) is 17.4 Å². The second-order valence-corrected chi connectivity index (χ2v) is 6.87. The molecule has 1 fully saturated rings. The number of aliphatic hydroxyl groups is 1. The van der Waals surface area contributed by atoms with Crippen LogP contribution in [0.5, 0.6) is 0 Å². The summed E-state index contributed by atoms with van der Waals surface area (Å²) in [5, 5.41) is 15.2. The van der Waals surface area contributed by atoms with E-state index in [4.69, 9.17) is 0 Å². The molecule has 1 heterocycles. The molecule has 0 saturated heterocycles. The molecule has 0 radical (unpaired) electrons. The maximum atomic E-state index is 11.8. The van der Waals surface area contributed by atoms with Gasteiger partial charge in [-0.05, 0) is 61.6 Å². The maximum absolute atomic E-state index is 11.8. The van der Waals surface area contributed by atoms with Crippen molar-refractivity contribution in [3.8, 4) is 0 Å². The smallest absolute Gasteiger partial charge is 0.244 e. The molecule has 2 rings (SSSR count). The van der Waals surface area contributed by atoms with Crippen LogP contribution in [0.2, 0.25) is 0 Å². The van der Waals surface area contributed by atoms with Gasteiger partial charge in [-0.1, -0.05) is 6.92 Å². The number of carbonyl (C=O) groups excluding carboxylic acids is 1. The first-order chi connectivity index (χ1) is 9.48. The largest absolute Gasteiger partial charge is 0.388 e. The second kappa shape index (κ2) is 6.55. The summed E-state index contributed by atoms with van der Waals surface area (Å²) in [4.78, 5) is 12.9. The number of aryl methyl sites for hydroxylation is 1. The topological polar surface area (TPSA) is 49.3 Å². The monoisotopic (exact) mass is 293 g/mol. The van der Waals surface area contributed by atoms with Crippen molar-refractivity contribution in [1.29, 1.82) is 0 Å². The number of amides is 1. The van der Waals surface area contributed by atoms with E-state index in [2.05, 4.69) is 12.2 Å². The molecule has 0 aliphatic heterocycles. The fourth-order valence-electron chi connectivity index (χ4n) is 2.49. The lowest BCUT2D eigenvalue weighted by Crippen LogP contribution is -2.44. The second-order valence-electron chi connectivity index (χ2n) is 5.93. The average molecular weight is 293 g/mol. The molecule has 0 unspecified atom stereocenters. The lowest BCUT2D eigenvalue weighted by atomic mass is 9.79. The van der Waals surface area contributed by atoms with Crippen molar-refractivity contribution in [1.82, 2.24) is 5.32 Å². The van der Waals surface area contributed by atoms with Crippen LogP contribution in [0.4, 0.5) is 0 Å². The van der Waals surface area contributed by atoms with Gasteiger partial charge in [0.25, 0.3) is 0 Å². The maximum Gasteiger partial charge on any atom is 0.244 e. The van der Waals surface area contributed by atoms with E-state index < -0.39 is 5.60 Å². The third kappa shape index (κ3) is 4.18. The van der Waals surface area contributed by atoms with Crippen molar-refractivity contribution < 1.29 is 9.90 Å². The Hall–Kier alpha value is -1.13. The highest BCUT2D eigenvalue weighted by Crippen LogP contribution is 2.31. The zero-order chi connectivity index (χ0) is 14.6. The van der Waals surface area contributed by atoms with Gasteiger partial charge >= 0.3 is 0 Å². The predicted molar refractivity (Wildman–Crippen MR) is 83.7 cm³/mol. The molecular formula is C16H23NO2S. The van der Waals surface area contributed by atoms with Gasteiger partial charge in [-0.2, -0.15) is 0 Å². The van der Waals surface area contributed by atoms with Gasteiger partial charge in [-0.25, -0.2) is 0 Å². The third-order valence-corrected chi connectivity index (χ3v) is 5.07. The molecule has 20 heavy (non-hydrogen) atoms. The summed E-state index contributed by atoms with van der Waals surface area (Å²) in [6, 6.07) is 2.04. The zero-order valence-electron chi connectivity index (χ0n) is 12.2. The summed E-state index contributed by atoms with van der Waals surface area (Å²) >= 11 is 1.62. The molecule has 0 aromatic carbocycles. The predicted octanol–water partition coefficient (Wildman–Crippen LogP) is 3.13. The summed E-state index contributed by atoms with van der Waals surface area (Å²) in [5.74, 6) is 0.553. The number of thiophene rings is 1. The van der Waals surface area contributed by atoms with Crippen molar-refractivity contribution in [2.24, 2.45) is 5.92 Å². The molecule has 2 N–H and O–H groups in total. The quantitative estimate of drug-likeness (QED) is 0.838. The van der Waals surface area contributed by atoms with Crippen molar-refractivity contribution in [2.45, 2.75) is 45.1 Å². The van der Waals surface area contributed by atoms with Gasteiger partial charge in [0.05, 0.1) is 5.60 Å². The Kier molecular flexibility index (Phi) is 5.00. The molecule has 1 aliphatic carbocycles. The molecule has 110 valence electrons. The minimum atomic E-state index is -0.713. The molecule has 0 atom stereocenters. The van der Waals surface area contributed by atoms with Gasteiger partial charge < -0.3 is 10.4 Å². The van der Waals surface area contributed by atoms with Crippen molar-refractivity contribution in [3.63, 3.8) is 0 Å². The van der Waals surface area contributed by atoms with Crippen LogP contribution >= 0.6 is 11.3 Å². The number of hydrogen-bond acceptors (Lipinski definition) is 3. The fraction of sp³-hybridized carbons (Fsp3) is 0.562. The first-order valence-electron chi connectivity index (χ1n) is 7.21. The fourth-order valence-corrected chi connectivity index (χ4v) is 3.31. The molecule has 0 spiro atoms. The molecule has 0 bridgehead atoms. The molecule has 1 aromatic heterocycles. The normalized spacial score (nSPS) is 26.9. The summed E-state index contributed by atoms with van der Waals surface area (Å²) in [5.41, 5.74) is 0.466. The number of nitrogens with one attached hydrogen (secondary N) is 1. The van der Waals surface area contributed by atoms with E-state index in [-0.39, 0.29) is 5.91 Å². The molecule has 1 aromatic rings. The van der Waals surface area contributed by atoms with Gasteiger partial charge in [-0.3, -0.25) is 4.79 Å². The van der Waals surface area contributed by atoms with Crippen LogP contribution in [-0.2, 0) is 4.79 Å². The average Bonchev–Trinajstić information content (AvgIpc) is 2.84. The van der Waals surface area contributed by atoms with E-state index in [0.29, 0.717) is 12.5 Å². The lowest BCUT2D eigenvalue weighted by Gasteiger charge is -2.34. The third-order valence-electron chi connectivity index (χ3n) is 4.08. The van der Waals surface area contributed by atoms with Crippen LogP contribution in [0.25, 0.3) is 6.08 Å². The molecule has 1 saturated carbocycles. The highest BCUT2D eigenvalue weighted by Gasteiger charge is 2.31. The van der Waals surface area contributed by atoms with Gasteiger partial charge in [0.1, 0.15) is 0 Å².